The zero-order valence-corrected chi connectivity index (χ0v) is 49.1. The maximum absolute atomic E-state index is 12.9. The molecular formula is C61H121O12P. The minimum absolute atomic E-state index is 0.0671. The Morgan fingerprint density at radius 3 is 0.932 bits per heavy atom. The van der Waals surface area contributed by atoms with E-state index < -0.39 is 63.1 Å². The van der Waals surface area contributed by atoms with Crippen LogP contribution in [0.5, 0.6) is 0 Å². The molecule has 8 atom stereocenters. The van der Waals surface area contributed by atoms with Crippen LogP contribution in [0.15, 0.2) is 0 Å². The first-order valence-electron chi connectivity index (χ1n) is 31.9. The Morgan fingerprint density at radius 1 is 0.378 bits per heavy atom. The van der Waals surface area contributed by atoms with Crippen molar-refractivity contribution in [2.75, 3.05) is 19.8 Å². The van der Waals surface area contributed by atoms with Gasteiger partial charge in [0, 0.05) is 13.0 Å². The van der Waals surface area contributed by atoms with Crippen molar-refractivity contribution < 1.29 is 58.3 Å². The van der Waals surface area contributed by atoms with Gasteiger partial charge in [-0.25, -0.2) is 4.57 Å². The molecule has 0 aromatic carbocycles. The number of hydrogen-bond donors (Lipinski definition) is 6. The Bertz CT molecular complexity index is 1230. The Kier molecular flexibility index (Phi) is 49.9. The van der Waals surface area contributed by atoms with Crippen LogP contribution in [0.3, 0.4) is 0 Å². The Balaban J connectivity index is 2.16. The second-order valence-electron chi connectivity index (χ2n) is 22.6. The highest BCUT2D eigenvalue weighted by molar-refractivity contribution is 7.47. The smallest absolute Gasteiger partial charge is 0.457 e. The molecule has 1 saturated carbocycles. The highest BCUT2D eigenvalue weighted by Gasteiger charge is 2.51. The molecule has 13 heteroatoms. The molecule has 6 N–H and O–H groups in total. The number of carbonyl (C=O) groups excluding carboxylic acids is 1. The Labute approximate surface area is 455 Å². The minimum atomic E-state index is -5.02. The fourth-order valence-corrected chi connectivity index (χ4v) is 11.5. The van der Waals surface area contributed by atoms with Gasteiger partial charge in [-0.1, -0.05) is 303 Å². The lowest BCUT2D eigenvalue weighted by Crippen LogP contribution is -2.64. The van der Waals surface area contributed by atoms with E-state index in [0.29, 0.717) is 13.0 Å². The van der Waals surface area contributed by atoms with Gasteiger partial charge in [-0.15, -0.1) is 0 Å². The minimum Gasteiger partial charge on any atom is -0.457 e. The van der Waals surface area contributed by atoms with Crippen LogP contribution in [-0.2, 0) is 27.9 Å². The quantitative estimate of drug-likeness (QED) is 0.0192. The molecule has 0 amide bonds. The van der Waals surface area contributed by atoms with E-state index in [9.17, 15) is 39.8 Å². The molecule has 0 bridgehead atoms. The number of carbonyl (C=O) groups is 1. The molecular weight excluding hydrogens is 956 g/mol. The molecule has 0 aliphatic heterocycles. The molecule has 12 nitrogen and oxygen atoms in total. The van der Waals surface area contributed by atoms with Crippen molar-refractivity contribution in [3.05, 3.63) is 0 Å². The maximum Gasteiger partial charge on any atom is 0.472 e. The fraction of sp³-hybridized carbons (Fsp3) is 0.984. The summed E-state index contributed by atoms with van der Waals surface area (Å²) in [6.07, 6.45) is 49.2. The summed E-state index contributed by atoms with van der Waals surface area (Å²) in [5, 5.41) is 50.5. The lowest BCUT2D eigenvalue weighted by atomic mass is 9.85. The first-order valence-corrected chi connectivity index (χ1v) is 33.4. The SMILES string of the molecule is CCCCCCCCCCCCCCCCCCCCCCCCCCCCCCCCCC(=O)O[C@H](COCCCCCCCCCCCCCCCCCC)COP(=O)(O)OC1C(O)C(O)C(O)[C@@H](O)C1O. The molecule has 0 radical (unpaired) electrons. The van der Waals surface area contributed by atoms with E-state index in [1.54, 1.807) is 0 Å². The van der Waals surface area contributed by atoms with Crippen molar-refractivity contribution in [2.45, 2.75) is 365 Å². The molecule has 0 aromatic heterocycles. The number of ether oxygens (including phenoxy) is 2. The highest BCUT2D eigenvalue weighted by atomic mass is 31.2. The first-order chi connectivity index (χ1) is 36.0. The van der Waals surface area contributed by atoms with E-state index >= 15 is 0 Å². The number of esters is 1. The summed E-state index contributed by atoms with van der Waals surface area (Å²) in [4.78, 5) is 23.4. The van der Waals surface area contributed by atoms with Crippen LogP contribution in [0.25, 0.3) is 0 Å². The van der Waals surface area contributed by atoms with Crippen molar-refractivity contribution >= 4 is 13.8 Å². The molecule has 74 heavy (non-hydrogen) atoms. The molecule has 1 fully saturated rings. The summed E-state index contributed by atoms with van der Waals surface area (Å²) in [5.41, 5.74) is 0. The van der Waals surface area contributed by atoms with Crippen LogP contribution in [0, 0.1) is 0 Å². The monoisotopic (exact) mass is 1080 g/mol. The maximum atomic E-state index is 12.9. The van der Waals surface area contributed by atoms with E-state index in [2.05, 4.69) is 13.8 Å². The van der Waals surface area contributed by atoms with Crippen LogP contribution >= 0.6 is 7.82 Å². The highest BCUT2D eigenvalue weighted by Crippen LogP contribution is 2.47. The van der Waals surface area contributed by atoms with Crippen LogP contribution in [0.2, 0.25) is 0 Å². The number of phosphoric ester groups is 1. The van der Waals surface area contributed by atoms with Crippen LogP contribution in [-0.4, -0.2) is 98.9 Å². The predicted octanol–water partition coefficient (Wildman–Crippen LogP) is 16.0. The third-order valence-electron chi connectivity index (χ3n) is 15.5. The third kappa shape index (κ3) is 42.3. The molecule has 1 aliphatic rings. The summed E-state index contributed by atoms with van der Waals surface area (Å²) in [6.45, 7) is 4.35. The molecule has 6 unspecified atom stereocenters. The normalized spacial score (nSPS) is 20.3. The molecule has 0 heterocycles. The van der Waals surface area contributed by atoms with Gasteiger partial charge in [-0.3, -0.25) is 13.8 Å². The van der Waals surface area contributed by atoms with Gasteiger partial charge in [0.25, 0.3) is 0 Å². The van der Waals surface area contributed by atoms with Gasteiger partial charge in [-0.05, 0) is 12.8 Å². The van der Waals surface area contributed by atoms with Gasteiger partial charge in [0.1, 0.15) is 42.7 Å². The van der Waals surface area contributed by atoms with Crippen molar-refractivity contribution in [3.63, 3.8) is 0 Å². The van der Waals surface area contributed by atoms with Gasteiger partial charge in [0.2, 0.25) is 0 Å². The summed E-state index contributed by atoms with van der Waals surface area (Å²) in [7, 11) is -5.02. The molecule has 0 spiro atoms. The van der Waals surface area contributed by atoms with Crippen molar-refractivity contribution in [1.29, 1.82) is 0 Å². The largest absolute Gasteiger partial charge is 0.472 e. The van der Waals surface area contributed by atoms with E-state index in [1.807, 2.05) is 0 Å². The second-order valence-corrected chi connectivity index (χ2v) is 24.0. The number of rotatable bonds is 57. The second kappa shape index (κ2) is 51.8. The van der Waals surface area contributed by atoms with Gasteiger partial charge < -0.3 is 39.9 Å². The van der Waals surface area contributed by atoms with Crippen molar-refractivity contribution in [1.82, 2.24) is 0 Å². The zero-order chi connectivity index (χ0) is 54.0. The summed E-state index contributed by atoms with van der Waals surface area (Å²) >= 11 is 0. The number of phosphoric acid groups is 1. The number of aliphatic hydroxyl groups is 5. The summed E-state index contributed by atoms with van der Waals surface area (Å²) in [6, 6.07) is 0. The third-order valence-corrected chi connectivity index (χ3v) is 16.5. The number of aliphatic hydroxyl groups excluding tert-OH is 5. The van der Waals surface area contributed by atoms with E-state index in [-0.39, 0.29) is 13.0 Å². The predicted molar refractivity (Wildman–Crippen MR) is 304 cm³/mol. The zero-order valence-electron chi connectivity index (χ0n) is 48.2. The lowest BCUT2D eigenvalue weighted by Gasteiger charge is -2.41. The Hall–Kier alpha value is -0.660. The van der Waals surface area contributed by atoms with Crippen LogP contribution in [0.1, 0.15) is 322 Å². The van der Waals surface area contributed by atoms with E-state index in [1.165, 1.54) is 257 Å². The van der Waals surface area contributed by atoms with E-state index in [4.69, 9.17) is 18.5 Å². The van der Waals surface area contributed by atoms with Gasteiger partial charge in [0.15, 0.2) is 0 Å². The van der Waals surface area contributed by atoms with Gasteiger partial charge in [-0.2, -0.15) is 0 Å². The number of unbranched alkanes of at least 4 members (excludes halogenated alkanes) is 45. The number of hydrogen-bond acceptors (Lipinski definition) is 11. The average Bonchev–Trinajstić information content (AvgIpc) is 3.39. The molecule has 442 valence electrons. The molecule has 1 aliphatic carbocycles. The molecule has 1 rings (SSSR count). The van der Waals surface area contributed by atoms with Crippen molar-refractivity contribution in [3.8, 4) is 0 Å². The summed E-state index contributed by atoms with van der Waals surface area (Å²) < 4.78 is 34.5. The lowest BCUT2D eigenvalue weighted by molar-refractivity contribution is -0.220. The summed E-state index contributed by atoms with van der Waals surface area (Å²) in [5.74, 6) is -0.466. The van der Waals surface area contributed by atoms with Crippen molar-refractivity contribution in [2.24, 2.45) is 0 Å². The average molecular weight is 1080 g/mol. The van der Waals surface area contributed by atoms with Crippen LogP contribution in [0.4, 0.5) is 0 Å². The molecule has 0 saturated heterocycles. The molecule has 0 aromatic rings. The Morgan fingerprint density at radius 2 is 0.635 bits per heavy atom. The standard InChI is InChI=1S/C61H121O12P/c1-3-5-7-9-11-13-15-17-19-21-22-23-24-25-26-27-28-29-30-31-32-33-34-35-36-38-40-42-44-46-48-50-55(62)72-54(53-71-74(68,69)73-61-59(66)57(64)56(63)58(65)60(61)67)52-70-51-49-47-45-43-41-39-37-20-18-16-14-12-10-8-6-4-2/h54,56-61,63-67H,3-53H2,1-2H3,(H,68,69)/t54-,56?,57-,58?,59?,60?,61?/m1/s1. The van der Waals surface area contributed by atoms with Crippen LogP contribution < -0.4 is 0 Å². The van der Waals surface area contributed by atoms with E-state index in [0.717, 1.165) is 38.5 Å². The van der Waals surface area contributed by atoms with Gasteiger partial charge in [0.05, 0.1) is 13.2 Å². The fourth-order valence-electron chi connectivity index (χ4n) is 10.5. The first kappa shape index (κ1) is 71.4. The topological polar surface area (TPSA) is 192 Å². The van der Waals surface area contributed by atoms with Gasteiger partial charge >= 0.3 is 13.8 Å².